The van der Waals surface area contributed by atoms with Gasteiger partial charge < -0.3 is 10.5 Å². The largest absolute Gasteiger partial charge is 0.493 e. The van der Waals surface area contributed by atoms with Gasteiger partial charge in [-0.25, -0.2) is 0 Å². The van der Waals surface area contributed by atoms with Crippen LogP contribution in [0.2, 0.25) is 0 Å². The Morgan fingerprint density at radius 1 is 1.40 bits per heavy atom. The van der Waals surface area contributed by atoms with Crippen molar-refractivity contribution >= 4 is 0 Å². The van der Waals surface area contributed by atoms with Crippen LogP contribution in [-0.4, -0.2) is 12.6 Å². The van der Waals surface area contributed by atoms with Crippen LogP contribution in [0, 0.1) is 0 Å². The molecule has 2 heteroatoms. The molecule has 0 bridgehead atoms. The minimum Gasteiger partial charge on any atom is -0.493 e. The van der Waals surface area contributed by atoms with E-state index in [2.05, 4.69) is 19.1 Å². The van der Waals surface area contributed by atoms with Crippen molar-refractivity contribution < 1.29 is 4.74 Å². The number of hydrogen-bond acceptors (Lipinski definition) is 2. The van der Waals surface area contributed by atoms with Gasteiger partial charge in [-0.1, -0.05) is 6.07 Å². The van der Waals surface area contributed by atoms with Crippen LogP contribution >= 0.6 is 0 Å². The van der Waals surface area contributed by atoms with Crippen LogP contribution in [0.3, 0.4) is 0 Å². The lowest BCUT2D eigenvalue weighted by Crippen LogP contribution is -2.26. The summed E-state index contributed by atoms with van der Waals surface area (Å²) >= 11 is 0. The summed E-state index contributed by atoms with van der Waals surface area (Å²) in [6.07, 6.45) is 3.73. The Hall–Kier alpha value is -1.02. The van der Waals surface area contributed by atoms with E-state index in [1.807, 2.05) is 0 Å². The lowest BCUT2D eigenvalue weighted by atomic mass is 9.89. The van der Waals surface area contributed by atoms with Gasteiger partial charge in [0.1, 0.15) is 5.75 Å². The first-order valence-electron chi connectivity index (χ1n) is 5.80. The summed E-state index contributed by atoms with van der Waals surface area (Å²) in [5.41, 5.74) is 10.5. The number of fused-ring (bicyclic) bond motifs is 3. The van der Waals surface area contributed by atoms with E-state index in [0.29, 0.717) is 5.92 Å². The van der Waals surface area contributed by atoms with E-state index in [9.17, 15) is 0 Å². The molecular weight excluding hydrogens is 186 g/mol. The predicted molar refractivity (Wildman–Crippen MR) is 60.4 cm³/mol. The van der Waals surface area contributed by atoms with Crippen molar-refractivity contribution in [2.24, 2.45) is 5.73 Å². The molecule has 0 saturated heterocycles. The Labute approximate surface area is 90.4 Å². The fourth-order valence-corrected chi connectivity index (χ4v) is 2.88. The lowest BCUT2D eigenvalue weighted by molar-refractivity contribution is 0.318. The summed E-state index contributed by atoms with van der Waals surface area (Å²) in [6, 6.07) is 4.55. The third-order valence-corrected chi connectivity index (χ3v) is 3.71. The summed E-state index contributed by atoms with van der Waals surface area (Å²) in [5.74, 6) is 1.49. The molecule has 0 amide bonds. The second-order valence-electron chi connectivity index (χ2n) is 4.75. The van der Waals surface area contributed by atoms with Crippen LogP contribution in [-0.2, 0) is 12.8 Å². The number of hydrogen-bond donors (Lipinski definition) is 1. The van der Waals surface area contributed by atoms with Gasteiger partial charge >= 0.3 is 0 Å². The molecule has 0 aromatic heterocycles. The molecular formula is C13H17NO. The molecule has 0 fully saturated rings. The summed E-state index contributed by atoms with van der Waals surface area (Å²) in [7, 11) is 0. The van der Waals surface area contributed by atoms with Crippen molar-refractivity contribution in [2.75, 3.05) is 6.61 Å². The van der Waals surface area contributed by atoms with Crippen LogP contribution in [0.4, 0.5) is 0 Å². The van der Waals surface area contributed by atoms with Gasteiger partial charge in [0.25, 0.3) is 0 Å². The Bertz CT molecular complexity index is 398. The van der Waals surface area contributed by atoms with Crippen LogP contribution in [0.1, 0.15) is 36.0 Å². The molecule has 0 radical (unpaired) electrons. The Kier molecular flexibility index (Phi) is 1.99. The SMILES string of the molecule is CC(N)C1COc2ccc3c(c21)CCC3. The van der Waals surface area contributed by atoms with E-state index in [1.165, 1.54) is 36.0 Å². The van der Waals surface area contributed by atoms with Crippen molar-refractivity contribution in [2.45, 2.75) is 38.1 Å². The lowest BCUT2D eigenvalue weighted by Gasteiger charge is -2.15. The van der Waals surface area contributed by atoms with Crippen molar-refractivity contribution in [1.82, 2.24) is 0 Å². The van der Waals surface area contributed by atoms with Crippen molar-refractivity contribution in [3.05, 3.63) is 28.8 Å². The third-order valence-electron chi connectivity index (χ3n) is 3.71. The maximum Gasteiger partial charge on any atom is 0.123 e. The molecule has 2 N–H and O–H groups in total. The molecule has 1 aromatic carbocycles. The van der Waals surface area contributed by atoms with Gasteiger partial charge in [0.2, 0.25) is 0 Å². The highest BCUT2D eigenvalue weighted by Crippen LogP contribution is 2.42. The van der Waals surface area contributed by atoms with E-state index in [0.717, 1.165) is 12.4 Å². The highest BCUT2D eigenvalue weighted by atomic mass is 16.5. The summed E-state index contributed by atoms with van der Waals surface area (Å²) in [4.78, 5) is 0. The summed E-state index contributed by atoms with van der Waals surface area (Å²) < 4.78 is 5.72. The maximum absolute atomic E-state index is 6.03. The monoisotopic (exact) mass is 203 g/mol. The average Bonchev–Trinajstić information content (AvgIpc) is 2.82. The predicted octanol–water partition coefficient (Wildman–Crippen LogP) is 2.00. The number of nitrogens with two attached hydrogens (primary N) is 1. The number of ether oxygens (including phenoxy) is 1. The Morgan fingerprint density at radius 2 is 2.27 bits per heavy atom. The fourth-order valence-electron chi connectivity index (χ4n) is 2.88. The second kappa shape index (κ2) is 3.24. The van der Waals surface area contributed by atoms with E-state index < -0.39 is 0 Å². The Balaban J connectivity index is 2.13. The number of benzene rings is 1. The quantitative estimate of drug-likeness (QED) is 0.757. The Morgan fingerprint density at radius 3 is 3.07 bits per heavy atom. The van der Waals surface area contributed by atoms with E-state index in [-0.39, 0.29) is 6.04 Å². The van der Waals surface area contributed by atoms with Gasteiger partial charge in [0.05, 0.1) is 6.61 Å². The van der Waals surface area contributed by atoms with E-state index in [1.54, 1.807) is 0 Å². The third kappa shape index (κ3) is 1.28. The molecule has 1 heterocycles. The maximum atomic E-state index is 6.03. The van der Waals surface area contributed by atoms with Gasteiger partial charge in [0, 0.05) is 17.5 Å². The standard InChI is InChI=1S/C13H17NO/c1-8(14)11-7-15-12-6-5-9-3-2-4-10(9)13(11)12/h5-6,8,11H,2-4,7,14H2,1H3. The van der Waals surface area contributed by atoms with Crippen LogP contribution < -0.4 is 10.5 Å². The van der Waals surface area contributed by atoms with Crippen molar-refractivity contribution in [1.29, 1.82) is 0 Å². The van der Waals surface area contributed by atoms with Crippen LogP contribution in [0.25, 0.3) is 0 Å². The van der Waals surface area contributed by atoms with Gasteiger partial charge in [-0.05, 0) is 43.4 Å². The molecule has 0 spiro atoms. The molecule has 2 aliphatic rings. The molecule has 3 rings (SSSR count). The van der Waals surface area contributed by atoms with Crippen LogP contribution in [0.5, 0.6) is 5.75 Å². The molecule has 1 aromatic rings. The number of aryl methyl sites for hydroxylation is 1. The number of rotatable bonds is 1. The molecule has 80 valence electrons. The first-order chi connectivity index (χ1) is 7.27. The zero-order valence-electron chi connectivity index (χ0n) is 9.12. The first kappa shape index (κ1) is 9.22. The highest BCUT2D eigenvalue weighted by molar-refractivity contribution is 5.51. The smallest absolute Gasteiger partial charge is 0.123 e. The average molecular weight is 203 g/mol. The molecule has 1 aliphatic carbocycles. The van der Waals surface area contributed by atoms with Crippen molar-refractivity contribution in [3.63, 3.8) is 0 Å². The minimum absolute atomic E-state index is 0.193. The minimum atomic E-state index is 0.193. The van der Waals surface area contributed by atoms with E-state index >= 15 is 0 Å². The normalized spacial score (nSPS) is 24.5. The topological polar surface area (TPSA) is 35.2 Å². The van der Waals surface area contributed by atoms with Gasteiger partial charge in [-0.2, -0.15) is 0 Å². The summed E-state index contributed by atoms with van der Waals surface area (Å²) in [5, 5.41) is 0. The molecule has 2 atom stereocenters. The zero-order chi connectivity index (χ0) is 10.4. The molecule has 2 unspecified atom stereocenters. The highest BCUT2D eigenvalue weighted by Gasteiger charge is 2.31. The van der Waals surface area contributed by atoms with Gasteiger partial charge in [-0.3, -0.25) is 0 Å². The van der Waals surface area contributed by atoms with Gasteiger partial charge in [-0.15, -0.1) is 0 Å². The molecule has 15 heavy (non-hydrogen) atoms. The summed E-state index contributed by atoms with van der Waals surface area (Å²) in [6.45, 7) is 2.85. The fraction of sp³-hybridized carbons (Fsp3) is 0.538. The molecule has 0 saturated carbocycles. The molecule has 1 aliphatic heterocycles. The van der Waals surface area contributed by atoms with Crippen LogP contribution in [0.15, 0.2) is 12.1 Å². The zero-order valence-corrected chi connectivity index (χ0v) is 9.12. The van der Waals surface area contributed by atoms with Gasteiger partial charge in [0.15, 0.2) is 0 Å². The van der Waals surface area contributed by atoms with E-state index in [4.69, 9.17) is 10.5 Å². The second-order valence-corrected chi connectivity index (χ2v) is 4.75. The van der Waals surface area contributed by atoms with Crippen molar-refractivity contribution in [3.8, 4) is 5.75 Å². The first-order valence-corrected chi connectivity index (χ1v) is 5.80. The molecule has 2 nitrogen and oxygen atoms in total.